The van der Waals surface area contributed by atoms with Crippen LogP contribution in [0.3, 0.4) is 0 Å². The number of nitrogens with zero attached hydrogens (tertiary/aromatic N) is 4. The third-order valence-electron chi connectivity index (χ3n) is 7.62. The van der Waals surface area contributed by atoms with E-state index < -0.39 is 69.9 Å². The first-order valence-corrected chi connectivity index (χ1v) is 17.1. The van der Waals surface area contributed by atoms with Gasteiger partial charge < -0.3 is 19.7 Å². The zero-order valence-electron chi connectivity index (χ0n) is 27.5. The Bertz CT molecular complexity index is 1990. The maximum Gasteiger partial charge on any atom is 0.435 e. The number of halogens is 4. The first-order chi connectivity index (χ1) is 23.9. The van der Waals surface area contributed by atoms with Gasteiger partial charge in [0.05, 0.1) is 35.2 Å². The first-order valence-electron chi connectivity index (χ1n) is 15.5. The minimum absolute atomic E-state index is 0.138. The van der Waals surface area contributed by atoms with E-state index in [0.29, 0.717) is 12.0 Å². The Balaban J connectivity index is 0.000000229. The predicted molar refractivity (Wildman–Crippen MR) is 175 cm³/mol. The van der Waals surface area contributed by atoms with E-state index in [0.717, 1.165) is 39.9 Å². The molecule has 1 saturated heterocycles. The summed E-state index contributed by atoms with van der Waals surface area (Å²) in [6.45, 7) is 5.55. The maximum atomic E-state index is 14.1. The van der Waals surface area contributed by atoms with Crippen LogP contribution >= 0.6 is 0 Å². The van der Waals surface area contributed by atoms with Crippen LogP contribution in [0, 0.1) is 12.7 Å². The van der Waals surface area contributed by atoms with Crippen LogP contribution in [0.5, 0.6) is 0 Å². The lowest BCUT2D eigenvalue weighted by molar-refractivity contribution is -0.141. The summed E-state index contributed by atoms with van der Waals surface area (Å²) in [5.41, 5.74) is 0.0447. The van der Waals surface area contributed by atoms with Crippen LogP contribution in [0.4, 0.5) is 28.2 Å². The van der Waals surface area contributed by atoms with Crippen molar-refractivity contribution in [3.63, 3.8) is 0 Å². The average Bonchev–Trinajstić information content (AvgIpc) is 3.63. The highest BCUT2D eigenvalue weighted by atomic mass is 32.2. The Labute approximate surface area is 289 Å². The molecule has 2 aromatic carbocycles. The number of nitrogens with one attached hydrogen (secondary N) is 1. The molecule has 3 heterocycles. The zero-order chi connectivity index (χ0) is 37.7. The average molecular weight is 741 g/mol. The fourth-order valence-electron chi connectivity index (χ4n) is 4.85. The third-order valence-corrected chi connectivity index (χ3v) is 8.55. The molecule has 2 aromatic heterocycles. The van der Waals surface area contributed by atoms with Gasteiger partial charge in [-0.1, -0.05) is 49.6 Å². The number of sulfonamides is 1. The van der Waals surface area contributed by atoms with Gasteiger partial charge in [-0.05, 0) is 50.6 Å². The number of carbonyl (C=O) groups excluding carboxylic acids is 1. The Morgan fingerprint density at radius 1 is 1.08 bits per heavy atom. The molecule has 0 radical (unpaired) electrons. The molecule has 4 aromatic rings. The minimum atomic E-state index is -4.61. The van der Waals surface area contributed by atoms with Gasteiger partial charge in [-0.2, -0.15) is 23.3 Å². The van der Waals surface area contributed by atoms with Crippen LogP contribution in [0.25, 0.3) is 16.9 Å². The van der Waals surface area contributed by atoms with Gasteiger partial charge in [0.1, 0.15) is 12.2 Å². The molecule has 51 heavy (non-hydrogen) atoms. The lowest BCUT2D eigenvalue weighted by Crippen LogP contribution is -2.36. The Morgan fingerprint density at radius 2 is 1.73 bits per heavy atom. The van der Waals surface area contributed by atoms with Gasteiger partial charge in [0.25, 0.3) is 0 Å². The fraction of sp³-hybridized carbons (Fsp3) is 0.375. The van der Waals surface area contributed by atoms with Gasteiger partial charge in [0.2, 0.25) is 10.0 Å². The van der Waals surface area contributed by atoms with Crippen LogP contribution in [0.15, 0.2) is 70.5 Å². The van der Waals surface area contributed by atoms with Crippen molar-refractivity contribution in [3.05, 3.63) is 88.4 Å². The van der Waals surface area contributed by atoms with Crippen molar-refractivity contribution in [1.29, 1.82) is 0 Å². The quantitative estimate of drug-likeness (QED) is 0.142. The van der Waals surface area contributed by atoms with Crippen LogP contribution in [0.2, 0.25) is 0 Å². The second-order valence-corrected chi connectivity index (χ2v) is 13.1. The van der Waals surface area contributed by atoms with E-state index in [4.69, 9.17) is 14.6 Å². The molecule has 4 atom stereocenters. The summed E-state index contributed by atoms with van der Waals surface area (Å²) in [5, 5.41) is 30.3. The summed E-state index contributed by atoms with van der Waals surface area (Å²) in [7, 11) is -3.90. The van der Waals surface area contributed by atoms with E-state index in [1.165, 1.54) is 31.2 Å². The Hall–Kier alpha value is -4.69. The van der Waals surface area contributed by atoms with Crippen molar-refractivity contribution in [2.24, 2.45) is 5.14 Å². The summed E-state index contributed by atoms with van der Waals surface area (Å²) in [6.07, 6.45) is -6.86. The number of aliphatic hydroxyl groups excluding tert-OH is 2. The highest BCUT2D eigenvalue weighted by Gasteiger charge is 2.42. The molecule has 19 heteroatoms. The molecule has 5 rings (SSSR count). The van der Waals surface area contributed by atoms with Gasteiger partial charge >= 0.3 is 18.0 Å². The molecule has 5 N–H and O–H groups in total. The van der Waals surface area contributed by atoms with Crippen molar-refractivity contribution in [1.82, 2.24) is 19.3 Å². The van der Waals surface area contributed by atoms with E-state index in [1.54, 1.807) is 24.3 Å². The van der Waals surface area contributed by atoms with Gasteiger partial charge in [0, 0.05) is 5.56 Å². The molecular formula is C32H36F4N6O8S. The Kier molecular flexibility index (Phi) is 12.4. The number of unbranched alkanes of at least 4 members (excludes halogenated alkanes) is 2. The third kappa shape index (κ3) is 9.76. The van der Waals surface area contributed by atoms with Crippen molar-refractivity contribution in [2.45, 2.75) is 75.6 Å². The number of benzene rings is 2. The summed E-state index contributed by atoms with van der Waals surface area (Å²) in [4.78, 5) is 26.9. The van der Waals surface area contributed by atoms with E-state index in [9.17, 15) is 45.8 Å². The van der Waals surface area contributed by atoms with Crippen LogP contribution < -0.4 is 16.1 Å². The van der Waals surface area contributed by atoms with Gasteiger partial charge in [-0.15, -0.1) is 0 Å². The molecule has 0 aliphatic carbocycles. The smallest absolute Gasteiger partial charge is 0.435 e. The SMILES string of the molecule is CCCCCOC(=O)Nc1nc(=O)n([C@@H]2O[C@H](C)[C@@H](O)[C@H]2O)cc1F.Cc1ccc(-c2cc(C(F)(F)F)nn2-c2ccc(S(N)(=O)=O)cc2)cc1. The van der Waals surface area contributed by atoms with Crippen LogP contribution in [-0.2, 0) is 25.7 Å². The number of rotatable bonds is 9. The number of anilines is 1. The molecule has 1 fully saturated rings. The Morgan fingerprint density at radius 3 is 2.27 bits per heavy atom. The number of aliphatic hydroxyl groups is 2. The predicted octanol–water partition coefficient (Wildman–Crippen LogP) is 4.27. The number of nitrogens with two attached hydrogens (primary N) is 1. The van der Waals surface area contributed by atoms with E-state index in [1.807, 2.05) is 13.8 Å². The maximum absolute atomic E-state index is 14.1. The van der Waals surface area contributed by atoms with Crippen molar-refractivity contribution >= 4 is 21.9 Å². The molecule has 0 unspecified atom stereocenters. The highest BCUT2D eigenvalue weighted by Crippen LogP contribution is 2.33. The molecule has 0 bridgehead atoms. The molecule has 1 aliphatic rings. The van der Waals surface area contributed by atoms with Gasteiger partial charge in [0.15, 0.2) is 23.6 Å². The monoisotopic (exact) mass is 740 g/mol. The van der Waals surface area contributed by atoms with E-state index in [-0.39, 0.29) is 22.9 Å². The lowest BCUT2D eigenvalue weighted by Gasteiger charge is -2.17. The minimum Gasteiger partial charge on any atom is -0.449 e. The first kappa shape index (κ1) is 39.1. The normalized spacial score (nSPS) is 18.9. The number of hydrogen-bond acceptors (Lipinski definition) is 10. The van der Waals surface area contributed by atoms with Crippen molar-refractivity contribution < 1.29 is 50.5 Å². The fourth-order valence-corrected chi connectivity index (χ4v) is 5.36. The molecule has 14 nitrogen and oxygen atoms in total. The summed E-state index contributed by atoms with van der Waals surface area (Å²) in [6, 6.07) is 13.1. The number of hydrogen-bond donors (Lipinski definition) is 4. The van der Waals surface area contributed by atoms with E-state index in [2.05, 4.69) is 15.4 Å². The summed E-state index contributed by atoms with van der Waals surface area (Å²) >= 11 is 0. The number of primary sulfonamides is 1. The highest BCUT2D eigenvalue weighted by molar-refractivity contribution is 7.89. The number of amides is 1. The largest absolute Gasteiger partial charge is 0.449 e. The molecule has 1 amide bonds. The van der Waals surface area contributed by atoms with Crippen LogP contribution in [-0.4, -0.2) is 69.0 Å². The second-order valence-electron chi connectivity index (χ2n) is 11.5. The second kappa shape index (κ2) is 16.1. The van der Waals surface area contributed by atoms with Crippen LogP contribution in [0.1, 0.15) is 50.6 Å². The van der Waals surface area contributed by atoms with Crippen molar-refractivity contribution in [3.8, 4) is 16.9 Å². The van der Waals surface area contributed by atoms with Gasteiger partial charge in [-0.3, -0.25) is 9.88 Å². The molecule has 0 spiro atoms. The standard InChI is InChI=1S/C17H14F3N3O2S.C15H22FN3O6/c1-11-2-4-12(5-3-11)15-10-16(17(18,19)20)22-23(15)13-6-8-14(9-7-13)26(21,24)25;1-3-4-5-6-24-15(23)18-12-9(16)7-19(14(22)17-12)13-11(21)10(20)8(2)25-13/h2-10H,1H3,(H2,21,24,25);7-8,10-11,13,20-21H,3-6H2,1-2H3,(H,17,18,22,23)/t;8-,10-,11-,13-/m.1/s1. The van der Waals surface area contributed by atoms with Crippen molar-refractivity contribution in [2.75, 3.05) is 11.9 Å². The zero-order valence-corrected chi connectivity index (χ0v) is 28.4. The number of aryl methyl sites for hydroxylation is 1. The lowest BCUT2D eigenvalue weighted by atomic mass is 10.1. The van der Waals surface area contributed by atoms with E-state index >= 15 is 0 Å². The molecular weight excluding hydrogens is 704 g/mol. The summed E-state index contributed by atoms with van der Waals surface area (Å²) < 4.78 is 88.1. The topological polar surface area (TPSA) is 201 Å². The van der Waals surface area contributed by atoms with Gasteiger partial charge in [-0.25, -0.2) is 32.2 Å². The number of ether oxygens (including phenoxy) is 2. The number of aromatic nitrogens is 4. The summed E-state index contributed by atoms with van der Waals surface area (Å²) in [5.74, 6) is -1.59. The number of alkyl halides is 3. The molecule has 276 valence electrons. The molecule has 0 saturated carbocycles. The molecule has 1 aliphatic heterocycles. The number of carbonyl (C=O) groups is 1.